The van der Waals surface area contributed by atoms with Crippen molar-refractivity contribution in [1.82, 2.24) is 0 Å². The molecule has 17 heavy (non-hydrogen) atoms. The van der Waals surface area contributed by atoms with E-state index >= 15 is 0 Å². The van der Waals surface area contributed by atoms with Crippen molar-refractivity contribution in [3.8, 4) is 0 Å². The molecule has 0 unspecified atom stereocenters. The van der Waals surface area contributed by atoms with Gasteiger partial charge in [0.25, 0.3) is 0 Å². The van der Waals surface area contributed by atoms with Crippen molar-refractivity contribution in [2.24, 2.45) is 11.1 Å². The van der Waals surface area contributed by atoms with Gasteiger partial charge < -0.3 is 10.8 Å². The molecule has 0 aliphatic carbocycles. The lowest BCUT2D eigenvalue weighted by Crippen LogP contribution is -2.36. The Morgan fingerprint density at radius 1 is 1.29 bits per heavy atom. The van der Waals surface area contributed by atoms with Gasteiger partial charge in [-0.2, -0.15) is 0 Å². The first-order valence-corrected chi connectivity index (χ1v) is 5.60. The van der Waals surface area contributed by atoms with E-state index in [1.54, 1.807) is 0 Å². The highest BCUT2D eigenvalue weighted by Crippen LogP contribution is 2.28. The standard InChI is InChI=1S/C13H19F2NO/c1-13(2,3)12(16)7-11(17)9-5-4-8(14)6-10(9)15/h4-6,11-12,17H,7,16H2,1-3H3/t11-,12+/m1/s1. The summed E-state index contributed by atoms with van der Waals surface area (Å²) in [4.78, 5) is 0. The molecule has 0 amide bonds. The highest BCUT2D eigenvalue weighted by molar-refractivity contribution is 5.21. The summed E-state index contributed by atoms with van der Waals surface area (Å²) >= 11 is 0. The first-order valence-electron chi connectivity index (χ1n) is 5.60. The number of benzene rings is 1. The zero-order chi connectivity index (χ0) is 13.2. The van der Waals surface area contributed by atoms with E-state index in [1.165, 1.54) is 6.07 Å². The van der Waals surface area contributed by atoms with E-state index in [1.807, 2.05) is 20.8 Å². The van der Waals surface area contributed by atoms with Gasteiger partial charge in [0, 0.05) is 17.7 Å². The van der Waals surface area contributed by atoms with E-state index in [0.29, 0.717) is 0 Å². The van der Waals surface area contributed by atoms with Crippen LogP contribution in [0.2, 0.25) is 0 Å². The Kier molecular flexibility index (Phi) is 4.22. The molecular weight excluding hydrogens is 224 g/mol. The molecule has 1 aromatic carbocycles. The van der Waals surface area contributed by atoms with Gasteiger partial charge in [-0.15, -0.1) is 0 Å². The number of rotatable bonds is 3. The van der Waals surface area contributed by atoms with Gasteiger partial charge in [-0.3, -0.25) is 0 Å². The maximum absolute atomic E-state index is 13.4. The maximum Gasteiger partial charge on any atom is 0.131 e. The van der Waals surface area contributed by atoms with Crippen molar-refractivity contribution >= 4 is 0 Å². The van der Waals surface area contributed by atoms with E-state index in [2.05, 4.69) is 0 Å². The summed E-state index contributed by atoms with van der Waals surface area (Å²) in [6, 6.07) is 2.89. The van der Waals surface area contributed by atoms with Crippen LogP contribution in [0.1, 0.15) is 38.9 Å². The Morgan fingerprint density at radius 3 is 2.35 bits per heavy atom. The number of nitrogens with two attached hydrogens (primary N) is 1. The lowest BCUT2D eigenvalue weighted by molar-refractivity contribution is 0.130. The number of hydrogen-bond donors (Lipinski definition) is 2. The van der Waals surface area contributed by atoms with Crippen molar-refractivity contribution in [2.45, 2.75) is 39.3 Å². The van der Waals surface area contributed by atoms with Crippen LogP contribution in [0.25, 0.3) is 0 Å². The summed E-state index contributed by atoms with van der Waals surface area (Å²) in [5, 5.41) is 9.88. The van der Waals surface area contributed by atoms with Crippen molar-refractivity contribution in [2.75, 3.05) is 0 Å². The monoisotopic (exact) mass is 243 g/mol. The Labute approximate surface area is 100 Å². The zero-order valence-corrected chi connectivity index (χ0v) is 10.4. The fourth-order valence-corrected chi connectivity index (χ4v) is 1.49. The van der Waals surface area contributed by atoms with Crippen LogP contribution in [0.15, 0.2) is 18.2 Å². The second-order valence-corrected chi connectivity index (χ2v) is 5.39. The van der Waals surface area contributed by atoms with Crippen molar-refractivity contribution in [3.05, 3.63) is 35.4 Å². The van der Waals surface area contributed by atoms with Gasteiger partial charge in [0.2, 0.25) is 0 Å². The number of aliphatic hydroxyl groups excluding tert-OH is 1. The molecule has 0 aliphatic rings. The van der Waals surface area contributed by atoms with E-state index in [9.17, 15) is 13.9 Å². The van der Waals surface area contributed by atoms with Crippen LogP contribution in [0.4, 0.5) is 8.78 Å². The minimum Gasteiger partial charge on any atom is -0.388 e. The molecule has 0 spiro atoms. The highest BCUT2D eigenvalue weighted by atomic mass is 19.1. The molecule has 0 fully saturated rings. The molecule has 3 N–H and O–H groups in total. The molecular formula is C13H19F2NO. The molecule has 0 radical (unpaired) electrons. The molecule has 0 aromatic heterocycles. The Balaban J connectivity index is 2.80. The molecule has 0 saturated carbocycles. The molecule has 0 bridgehead atoms. The van der Waals surface area contributed by atoms with Gasteiger partial charge in [0.15, 0.2) is 0 Å². The fraction of sp³-hybridized carbons (Fsp3) is 0.538. The molecule has 1 aromatic rings. The molecule has 1 rings (SSSR count). The second kappa shape index (κ2) is 5.10. The third-order valence-corrected chi connectivity index (χ3v) is 2.91. The molecule has 0 aliphatic heterocycles. The van der Waals surface area contributed by atoms with Gasteiger partial charge in [0.1, 0.15) is 11.6 Å². The lowest BCUT2D eigenvalue weighted by Gasteiger charge is -2.29. The number of halogens is 2. The Bertz CT molecular complexity index is 387. The molecule has 2 atom stereocenters. The third kappa shape index (κ3) is 3.75. The second-order valence-electron chi connectivity index (χ2n) is 5.39. The minimum absolute atomic E-state index is 0.0890. The van der Waals surface area contributed by atoms with E-state index < -0.39 is 17.7 Å². The van der Waals surface area contributed by atoms with Crippen LogP contribution in [0.3, 0.4) is 0 Å². The average molecular weight is 243 g/mol. The van der Waals surface area contributed by atoms with E-state index in [0.717, 1.165) is 12.1 Å². The van der Waals surface area contributed by atoms with Crippen LogP contribution >= 0.6 is 0 Å². The zero-order valence-electron chi connectivity index (χ0n) is 10.4. The largest absolute Gasteiger partial charge is 0.388 e. The summed E-state index contributed by atoms with van der Waals surface area (Å²) < 4.78 is 26.1. The average Bonchev–Trinajstić information content (AvgIpc) is 2.15. The SMILES string of the molecule is CC(C)(C)[C@@H](N)C[C@@H](O)c1ccc(F)cc1F. The Morgan fingerprint density at radius 2 is 1.88 bits per heavy atom. The van der Waals surface area contributed by atoms with Gasteiger partial charge in [-0.05, 0) is 17.9 Å². The minimum atomic E-state index is -1.01. The summed E-state index contributed by atoms with van der Waals surface area (Å²) in [6.07, 6.45) is -0.767. The van der Waals surface area contributed by atoms with Gasteiger partial charge in [0.05, 0.1) is 6.10 Å². The topological polar surface area (TPSA) is 46.2 Å². The van der Waals surface area contributed by atoms with Crippen LogP contribution in [-0.2, 0) is 0 Å². The summed E-state index contributed by atoms with van der Waals surface area (Å²) in [7, 11) is 0. The highest BCUT2D eigenvalue weighted by Gasteiger charge is 2.25. The van der Waals surface area contributed by atoms with Crippen LogP contribution in [0.5, 0.6) is 0 Å². The molecule has 2 nitrogen and oxygen atoms in total. The normalized spacial score (nSPS) is 15.7. The van der Waals surface area contributed by atoms with Crippen molar-refractivity contribution < 1.29 is 13.9 Å². The molecule has 4 heteroatoms. The van der Waals surface area contributed by atoms with Gasteiger partial charge >= 0.3 is 0 Å². The summed E-state index contributed by atoms with van der Waals surface area (Å²) in [6.45, 7) is 5.85. The molecule has 96 valence electrons. The summed E-state index contributed by atoms with van der Waals surface area (Å²) in [5.41, 5.74) is 5.83. The predicted molar refractivity (Wildman–Crippen MR) is 63.4 cm³/mol. The fourth-order valence-electron chi connectivity index (χ4n) is 1.49. The van der Waals surface area contributed by atoms with Crippen molar-refractivity contribution in [3.63, 3.8) is 0 Å². The lowest BCUT2D eigenvalue weighted by atomic mass is 9.83. The van der Waals surface area contributed by atoms with Gasteiger partial charge in [-0.25, -0.2) is 8.78 Å². The van der Waals surface area contributed by atoms with Crippen LogP contribution in [0, 0.1) is 17.0 Å². The van der Waals surface area contributed by atoms with E-state index in [4.69, 9.17) is 5.73 Å². The summed E-state index contributed by atoms with van der Waals surface area (Å²) in [5.74, 6) is -1.39. The van der Waals surface area contributed by atoms with Gasteiger partial charge in [-0.1, -0.05) is 26.8 Å². The van der Waals surface area contributed by atoms with Crippen LogP contribution < -0.4 is 5.73 Å². The predicted octanol–water partition coefficient (Wildman–Crippen LogP) is 2.76. The smallest absolute Gasteiger partial charge is 0.131 e. The van der Waals surface area contributed by atoms with Crippen LogP contribution in [-0.4, -0.2) is 11.1 Å². The first-order chi connectivity index (χ1) is 7.71. The van der Waals surface area contributed by atoms with Crippen molar-refractivity contribution in [1.29, 1.82) is 0 Å². The maximum atomic E-state index is 13.4. The number of hydrogen-bond acceptors (Lipinski definition) is 2. The first kappa shape index (κ1) is 14.1. The quantitative estimate of drug-likeness (QED) is 0.857. The Hall–Kier alpha value is -1.00. The molecule has 0 saturated heterocycles. The molecule has 0 heterocycles. The third-order valence-electron chi connectivity index (χ3n) is 2.91. The number of aliphatic hydroxyl groups is 1. The van der Waals surface area contributed by atoms with E-state index in [-0.39, 0.29) is 23.4 Å².